The maximum absolute atomic E-state index is 12.4. The minimum atomic E-state index is -0.0668. The number of nitrogens with one attached hydrogen (secondary N) is 1. The summed E-state index contributed by atoms with van der Waals surface area (Å²) in [5.41, 5.74) is 4.24. The predicted octanol–water partition coefficient (Wildman–Crippen LogP) is 5.14. The van der Waals surface area contributed by atoms with Crippen LogP contribution in [-0.2, 0) is 4.79 Å². The van der Waals surface area contributed by atoms with Gasteiger partial charge in [-0.05, 0) is 56.2 Å². The van der Waals surface area contributed by atoms with Crippen LogP contribution >= 0.6 is 23.1 Å². The van der Waals surface area contributed by atoms with Crippen LogP contribution < -0.4 is 5.32 Å². The molecule has 0 saturated heterocycles. The van der Waals surface area contributed by atoms with Crippen molar-refractivity contribution >= 4 is 45.0 Å². The number of hydrogen-bond acceptors (Lipinski definition) is 5. The molecule has 0 bridgehead atoms. The van der Waals surface area contributed by atoms with E-state index < -0.39 is 0 Å². The van der Waals surface area contributed by atoms with Crippen molar-refractivity contribution in [2.24, 2.45) is 0 Å². The number of hydrogen-bond donors (Lipinski definition) is 1. The summed E-state index contributed by atoms with van der Waals surface area (Å²) in [6.45, 7) is 6.09. The summed E-state index contributed by atoms with van der Waals surface area (Å²) in [6.07, 6.45) is 0. The van der Waals surface area contributed by atoms with E-state index in [-0.39, 0.29) is 5.91 Å². The zero-order valence-corrected chi connectivity index (χ0v) is 17.5. The van der Waals surface area contributed by atoms with Crippen LogP contribution in [0.25, 0.3) is 15.3 Å². The van der Waals surface area contributed by atoms with Crippen molar-refractivity contribution in [2.75, 3.05) is 11.1 Å². The van der Waals surface area contributed by atoms with Crippen LogP contribution in [0.15, 0.2) is 53.4 Å². The molecule has 0 aliphatic rings. The molecule has 2 heterocycles. The lowest BCUT2D eigenvalue weighted by Crippen LogP contribution is -2.16. The summed E-state index contributed by atoms with van der Waals surface area (Å²) in [7, 11) is 0. The third-order valence-electron chi connectivity index (χ3n) is 4.39. The Balaban J connectivity index is 1.56. The van der Waals surface area contributed by atoms with Gasteiger partial charge in [0.15, 0.2) is 0 Å². The van der Waals surface area contributed by atoms with Gasteiger partial charge in [-0.15, -0.1) is 11.8 Å². The first kappa shape index (κ1) is 18.7. The number of thioether (sulfide) groups is 1. The molecule has 4 rings (SSSR count). The standard InChI is InChI=1S/C21H20N4OS2/c1-13-9-17-18(10-14(13)2)28-21(22-17)25-19(11-15(3)24-25)23-20(26)12-27-16-7-5-4-6-8-16/h4-11H,12H2,1-3H3,(H,23,26). The van der Waals surface area contributed by atoms with Crippen molar-refractivity contribution in [3.8, 4) is 5.13 Å². The highest BCUT2D eigenvalue weighted by molar-refractivity contribution is 8.00. The molecule has 0 aliphatic heterocycles. The van der Waals surface area contributed by atoms with E-state index in [2.05, 4.69) is 36.4 Å². The van der Waals surface area contributed by atoms with Gasteiger partial charge in [-0.3, -0.25) is 4.79 Å². The second-order valence-corrected chi connectivity index (χ2v) is 8.69. The molecule has 0 aliphatic carbocycles. The van der Waals surface area contributed by atoms with E-state index in [0.717, 1.165) is 25.9 Å². The highest BCUT2D eigenvalue weighted by Crippen LogP contribution is 2.29. The molecule has 142 valence electrons. The van der Waals surface area contributed by atoms with Gasteiger partial charge in [0.25, 0.3) is 0 Å². The average Bonchev–Trinajstić information content (AvgIpc) is 3.24. The molecular formula is C21H20N4OS2. The number of benzene rings is 2. The maximum atomic E-state index is 12.4. The quantitative estimate of drug-likeness (QED) is 0.465. The second-order valence-electron chi connectivity index (χ2n) is 6.63. The van der Waals surface area contributed by atoms with E-state index >= 15 is 0 Å². The Bertz CT molecular complexity index is 1110. The molecule has 0 spiro atoms. The Morgan fingerprint density at radius 1 is 1.11 bits per heavy atom. The van der Waals surface area contributed by atoms with Crippen LogP contribution in [0.4, 0.5) is 5.82 Å². The minimum absolute atomic E-state index is 0.0668. The van der Waals surface area contributed by atoms with E-state index in [1.54, 1.807) is 16.0 Å². The SMILES string of the molecule is Cc1cc(NC(=O)CSc2ccccc2)n(-c2nc3cc(C)c(C)cc3s2)n1. The number of carbonyl (C=O) groups is 1. The first-order chi connectivity index (χ1) is 13.5. The largest absolute Gasteiger partial charge is 0.310 e. The number of rotatable bonds is 5. The highest BCUT2D eigenvalue weighted by Gasteiger charge is 2.15. The number of thiazole rings is 1. The molecule has 0 radical (unpaired) electrons. The fraction of sp³-hybridized carbons (Fsp3) is 0.190. The Hall–Kier alpha value is -2.64. The zero-order chi connectivity index (χ0) is 19.7. The zero-order valence-electron chi connectivity index (χ0n) is 15.9. The third kappa shape index (κ3) is 3.95. The van der Waals surface area contributed by atoms with Gasteiger partial charge in [0.2, 0.25) is 11.0 Å². The molecule has 1 amide bonds. The lowest BCUT2D eigenvalue weighted by atomic mass is 10.1. The Labute approximate surface area is 171 Å². The van der Waals surface area contributed by atoms with Crippen molar-refractivity contribution in [3.63, 3.8) is 0 Å². The smallest absolute Gasteiger partial charge is 0.235 e. The fourth-order valence-corrected chi connectivity index (χ4v) is 4.57. The van der Waals surface area contributed by atoms with Crippen LogP contribution in [0, 0.1) is 20.8 Å². The van der Waals surface area contributed by atoms with Gasteiger partial charge in [0.1, 0.15) is 5.82 Å². The van der Waals surface area contributed by atoms with Gasteiger partial charge in [0, 0.05) is 11.0 Å². The van der Waals surface area contributed by atoms with Gasteiger partial charge < -0.3 is 5.32 Å². The summed E-state index contributed by atoms with van der Waals surface area (Å²) in [5.74, 6) is 0.915. The monoisotopic (exact) mass is 408 g/mol. The molecule has 28 heavy (non-hydrogen) atoms. The fourth-order valence-electron chi connectivity index (χ4n) is 2.84. The number of fused-ring (bicyclic) bond motifs is 1. The lowest BCUT2D eigenvalue weighted by molar-refractivity contribution is -0.113. The van der Waals surface area contributed by atoms with Gasteiger partial charge >= 0.3 is 0 Å². The summed E-state index contributed by atoms with van der Waals surface area (Å²) in [4.78, 5) is 18.2. The third-order valence-corrected chi connectivity index (χ3v) is 6.39. The van der Waals surface area contributed by atoms with Crippen molar-refractivity contribution in [1.29, 1.82) is 0 Å². The number of aryl methyl sites for hydroxylation is 3. The highest BCUT2D eigenvalue weighted by atomic mass is 32.2. The lowest BCUT2D eigenvalue weighted by Gasteiger charge is -2.06. The maximum Gasteiger partial charge on any atom is 0.235 e. The van der Waals surface area contributed by atoms with Gasteiger partial charge in [0.05, 0.1) is 21.7 Å². The van der Waals surface area contributed by atoms with E-state index in [4.69, 9.17) is 4.98 Å². The van der Waals surface area contributed by atoms with Crippen molar-refractivity contribution in [1.82, 2.24) is 14.8 Å². The van der Waals surface area contributed by atoms with Crippen LogP contribution in [-0.4, -0.2) is 26.4 Å². The molecule has 5 nitrogen and oxygen atoms in total. The number of anilines is 1. The van der Waals surface area contributed by atoms with Crippen LogP contribution in [0.3, 0.4) is 0 Å². The van der Waals surface area contributed by atoms with E-state index in [9.17, 15) is 4.79 Å². The topological polar surface area (TPSA) is 59.8 Å². The van der Waals surface area contributed by atoms with E-state index in [1.807, 2.05) is 43.3 Å². The normalized spacial score (nSPS) is 11.1. The molecule has 2 aromatic carbocycles. The van der Waals surface area contributed by atoms with Gasteiger partial charge in [-0.25, -0.2) is 4.98 Å². The van der Waals surface area contributed by atoms with Crippen LogP contribution in [0.1, 0.15) is 16.8 Å². The predicted molar refractivity (Wildman–Crippen MR) is 117 cm³/mol. The summed E-state index contributed by atoms with van der Waals surface area (Å²) >= 11 is 3.08. The van der Waals surface area contributed by atoms with E-state index in [0.29, 0.717) is 11.6 Å². The Kier molecular flexibility index (Phi) is 5.19. The summed E-state index contributed by atoms with van der Waals surface area (Å²) in [5, 5.41) is 8.26. The van der Waals surface area contributed by atoms with Crippen LogP contribution in [0.5, 0.6) is 0 Å². The number of nitrogens with zero attached hydrogens (tertiary/aromatic N) is 3. The Morgan fingerprint density at radius 2 is 1.86 bits per heavy atom. The average molecular weight is 409 g/mol. The number of aromatic nitrogens is 3. The number of carbonyl (C=O) groups excluding carboxylic acids is 1. The van der Waals surface area contributed by atoms with Gasteiger partial charge in [-0.1, -0.05) is 29.5 Å². The molecule has 0 unspecified atom stereocenters. The minimum Gasteiger partial charge on any atom is -0.310 e. The van der Waals surface area contributed by atoms with Crippen molar-refractivity contribution < 1.29 is 4.79 Å². The molecule has 0 fully saturated rings. The molecule has 4 aromatic rings. The van der Waals surface area contributed by atoms with Crippen LogP contribution in [0.2, 0.25) is 0 Å². The first-order valence-corrected chi connectivity index (χ1v) is 10.7. The van der Waals surface area contributed by atoms with Gasteiger partial charge in [-0.2, -0.15) is 9.78 Å². The summed E-state index contributed by atoms with van der Waals surface area (Å²) < 4.78 is 2.83. The molecule has 7 heteroatoms. The molecule has 1 N–H and O–H groups in total. The number of amides is 1. The van der Waals surface area contributed by atoms with Crippen molar-refractivity contribution in [3.05, 3.63) is 65.4 Å². The Morgan fingerprint density at radius 3 is 2.64 bits per heavy atom. The summed E-state index contributed by atoms with van der Waals surface area (Å²) in [6, 6.07) is 16.0. The van der Waals surface area contributed by atoms with E-state index in [1.165, 1.54) is 22.9 Å². The second kappa shape index (κ2) is 7.77. The first-order valence-electron chi connectivity index (χ1n) is 8.92. The molecule has 0 saturated carbocycles. The molecule has 0 atom stereocenters. The molecule has 2 aromatic heterocycles. The van der Waals surface area contributed by atoms with Crippen molar-refractivity contribution in [2.45, 2.75) is 25.7 Å². The molecular weight excluding hydrogens is 388 g/mol.